The topological polar surface area (TPSA) is 12.9 Å². The quantitative estimate of drug-likeness (QED) is 0.221. The molecule has 3 heteroatoms. The van der Waals surface area contributed by atoms with Gasteiger partial charge in [-0.05, 0) is 93.5 Å². The van der Waals surface area contributed by atoms with Crippen molar-refractivity contribution in [1.82, 2.24) is 4.98 Å². The zero-order valence-corrected chi connectivity index (χ0v) is 20.3. The zero-order chi connectivity index (χ0) is 21.9. The Balaban J connectivity index is 1.68. The molecule has 4 aromatic carbocycles. The lowest BCUT2D eigenvalue weighted by Gasteiger charge is -2.13. The van der Waals surface area contributed by atoms with Crippen LogP contribution in [0.15, 0.2) is 124 Å². The smallest absolute Gasteiger partial charge is 0.0346 e. The first-order valence-electron chi connectivity index (χ1n) is 10.3. The second-order valence-electron chi connectivity index (χ2n) is 7.64. The second-order valence-corrected chi connectivity index (χ2v) is 9.47. The second kappa shape index (κ2) is 9.23. The van der Waals surface area contributed by atoms with Crippen molar-refractivity contribution in [2.24, 2.45) is 0 Å². The van der Waals surface area contributed by atoms with E-state index in [-0.39, 0.29) is 0 Å². The number of rotatable bonds is 4. The van der Waals surface area contributed by atoms with Crippen LogP contribution in [-0.2, 0) is 0 Å². The molecule has 0 N–H and O–H groups in total. The fraction of sp³-hybridized carbons (Fsp3) is 0. The predicted octanol–water partition coefficient (Wildman–Crippen LogP) is 9.27. The van der Waals surface area contributed by atoms with Crippen LogP contribution in [0.5, 0.6) is 0 Å². The molecular formula is C29H19Br2N. The average molecular weight is 541 g/mol. The maximum atomic E-state index is 4.28. The minimum Gasteiger partial charge on any atom is -0.264 e. The van der Waals surface area contributed by atoms with Crippen molar-refractivity contribution < 1.29 is 0 Å². The van der Waals surface area contributed by atoms with Crippen molar-refractivity contribution in [1.29, 1.82) is 0 Å². The van der Waals surface area contributed by atoms with E-state index in [1.165, 1.54) is 33.4 Å². The van der Waals surface area contributed by atoms with Crippen molar-refractivity contribution in [3.8, 4) is 44.5 Å². The third-order valence-corrected chi connectivity index (χ3v) is 6.43. The van der Waals surface area contributed by atoms with Gasteiger partial charge in [0.1, 0.15) is 0 Å². The van der Waals surface area contributed by atoms with Gasteiger partial charge < -0.3 is 0 Å². The van der Waals surface area contributed by atoms with Crippen LogP contribution in [0, 0.1) is 0 Å². The summed E-state index contributed by atoms with van der Waals surface area (Å²) in [4.78, 5) is 4.28. The van der Waals surface area contributed by atoms with E-state index in [1.807, 2.05) is 12.3 Å². The lowest BCUT2D eigenvalue weighted by molar-refractivity contribution is 1.33. The molecule has 0 atom stereocenters. The Kier molecular flexibility index (Phi) is 6.02. The Labute approximate surface area is 205 Å². The third kappa shape index (κ3) is 4.59. The van der Waals surface area contributed by atoms with Crippen LogP contribution in [0.25, 0.3) is 44.5 Å². The molecule has 1 nitrogen and oxygen atoms in total. The molecule has 0 aliphatic heterocycles. The molecule has 0 amide bonds. The number of hydrogen-bond donors (Lipinski definition) is 0. The van der Waals surface area contributed by atoms with Crippen molar-refractivity contribution in [2.75, 3.05) is 0 Å². The standard InChI is InChI=1S/C29H19Br2N/c30-28-10-2-7-22(17-28)26-14-25(15-27(16-26)23-8-3-11-29(31)18-23)21-6-1-5-20(13-21)24-9-4-12-32-19-24/h1-19H. The van der Waals surface area contributed by atoms with Crippen molar-refractivity contribution in [3.63, 3.8) is 0 Å². The molecule has 0 fully saturated rings. The van der Waals surface area contributed by atoms with Gasteiger partial charge in [-0.25, -0.2) is 0 Å². The summed E-state index contributed by atoms with van der Waals surface area (Å²) in [5.41, 5.74) is 9.37. The molecule has 1 aromatic heterocycles. The molecule has 32 heavy (non-hydrogen) atoms. The zero-order valence-electron chi connectivity index (χ0n) is 17.2. The molecule has 0 saturated heterocycles. The van der Waals surface area contributed by atoms with Gasteiger partial charge in [0.05, 0.1) is 0 Å². The minimum atomic E-state index is 1.07. The summed E-state index contributed by atoms with van der Waals surface area (Å²) in [6.07, 6.45) is 3.71. The molecule has 0 aliphatic rings. The summed E-state index contributed by atoms with van der Waals surface area (Å²) in [6.45, 7) is 0. The van der Waals surface area contributed by atoms with E-state index in [0.29, 0.717) is 0 Å². The number of aromatic nitrogens is 1. The maximum absolute atomic E-state index is 4.28. The number of hydrogen-bond acceptors (Lipinski definition) is 1. The number of nitrogens with zero attached hydrogens (tertiary/aromatic N) is 1. The normalized spacial score (nSPS) is 10.8. The molecule has 0 saturated carbocycles. The van der Waals surface area contributed by atoms with E-state index in [4.69, 9.17) is 0 Å². The first-order chi connectivity index (χ1) is 15.7. The van der Waals surface area contributed by atoms with Crippen LogP contribution in [0.2, 0.25) is 0 Å². The molecule has 0 bridgehead atoms. The van der Waals surface area contributed by atoms with Crippen LogP contribution in [-0.4, -0.2) is 4.98 Å². The Morgan fingerprint density at radius 1 is 0.406 bits per heavy atom. The largest absolute Gasteiger partial charge is 0.264 e. The first kappa shape index (κ1) is 20.9. The molecule has 0 unspecified atom stereocenters. The summed E-state index contributed by atoms with van der Waals surface area (Å²) in [6, 6.07) is 36.4. The number of benzene rings is 4. The van der Waals surface area contributed by atoms with Crippen LogP contribution in [0.4, 0.5) is 0 Å². The van der Waals surface area contributed by atoms with Crippen LogP contribution < -0.4 is 0 Å². The molecular weight excluding hydrogens is 522 g/mol. The highest BCUT2D eigenvalue weighted by molar-refractivity contribution is 9.10. The molecule has 5 aromatic rings. The van der Waals surface area contributed by atoms with Gasteiger partial charge in [-0.15, -0.1) is 0 Å². The monoisotopic (exact) mass is 539 g/mol. The summed E-state index contributed by atoms with van der Waals surface area (Å²) >= 11 is 7.24. The highest BCUT2D eigenvalue weighted by atomic mass is 79.9. The van der Waals surface area contributed by atoms with E-state index in [0.717, 1.165) is 20.1 Å². The molecule has 0 aliphatic carbocycles. The fourth-order valence-corrected chi connectivity index (χ4v) is 4.67. The molecule has 0 spiro atoms. The Morgan fingerprint density at radius 3 is 1.28 bits per heavy atom. The predicted molar refractivity (Wildman–Crippen MR) is 141 cm³/mol. The van der Waals surface area contributed by atoms with Crippen LogP contribution in [0.1, 0.15) is 0 Å². The lowest BCUT2D eigenvalue weighted by atomic mass is 9.92. The van der Waals surface area contributed by atoms with E-state index in [1.54, 1.807) is 6.20 Å². The van der Waals surface area contributed by atoms with Crippen molar-refractivity contribution in [3.05, 3.63) is 124 Å². The highest BCUT2D eigenvalue weighted by Gasteiger charge is 2.09. The van der Waals surface area contributed by atoms with E-state index < -0.39 is 0 Å². The van der Waals surface area contributed by atoms with Crippen LogP contribution >= 0.6 is 31.9 Å². The molecule has 0 radical (unpaired) electrons. The summed E-state index contributed by atoms with van der Waals surface area (Å²) < 4.78 is 2.14. The van der Waals surface area contributed by atoms with Gasteiger partial charge in [-0.1, -0.05) is 80.4 Å². The molecule has 154 valence electrons. The van der Waals surface area contributed by atoms with Gasteiger partial charge in [-0.2, -0.15) is 0 Å². The first-order valence-corrected chi connectivity index (χ1v) is 11.9. The van der Waals surface area contributed by atoms with Gasteiger partial charge in [0.25, 0.3) is 0 Å². The third-order valence-electron chi connectivity index (χ3n) is 5.44. The van der Waals surface area contributed by atoms with Gasteiger partial charge in [0, 0.05) is 26.9 Å². The molecule has 5 rings (SSSR count). The Hall–Kier alpha value is -3.01. The minimum absolute atomic E-state index is 1.07. The summed E-state index contributed by atoms with van der Waals surface area (Å²) in [7, 11) is 0. The SMILES string of the molecule is Brc1cccc(-c2cc(-c3cccc(Br)c3)cc(-c3cccc(-c4cccnc4)c3)c2)c1. The maximum Gasteiger partial charge on any atom is 0.0346 e. The number of halogens is 2. The number of pyridine rings is 1. The van der Waals surface area contributed by atoms with Gasteiger partial charge in [0.15, 0.2) is 0 Å². The average Bonchev–Trinajstić information content (AvgIpc) is 2.84. The van der Waals surface area contributed by atoms with Crippen molar-refractivity contribution >= 4 is 31.9 Å². The summed E-state index contributed by atoms with van der Waals surface area (Å²) in [5.74, 6) is 0. The lowest BCUT2D eigenvalue weighted by Crippen LogP contribution is -1.87. The van der Waals surface area contributed by atoms with Gasteiger partial charge in [0.2, 0.25) is 0 Å². The van der Waals surface area contributed by atoms with Gasteiger partial charge in [-0.3, -0.25) is 4.98 Å². The van der Waals surface area contributed by atoms with Crippen LogP contribution in [0.3, 0.4) is 0 Å². The van der Waals surface area contributed by atoms with E-state index >= 15 is 0 Å². The fourth-order valence-electron chi connectivity index (χ4n) is 3.88. The molecule has 1 heterocycles. The van der Waals surface area contributed by atoms with E-state index in [9.17, 15) is 0 Å². The van der Waals surface area contributed by atoms with Crippen molar-refractivity contribution in [2.45, 2.75) is 0 Å². The van der Waals surface area contributed by atoms with Gasteiger partial charge >= 0.3 is 0 Å². The van der Waals surface area contributed by atoms with E-state index in [2.05, 4.69) is 134 Å². The Morgan fingerprint density at radius 2 is 0.812 bits per heavy atom. The summed E-state index contributed by atoms with van der Waals surface area (Å²) in [5, 5.41) is 0. The highest BCUT2D eigenvalue weighted by Crippen LogP contribution is 2.35. The Bertz CT molecular complexity index is 1330.